The summed E-state index contributed by atoms with van der Waals surface area (Å²) in [7, 11) is 0. The van der Waals surface area contributed by atoms with Gasteiger partial charge in [0.05, 0.1) is 12.1 Å². The number of amides is 2. The van der Waals surface area contributed by atoms with E-state index in [4.69, 9.17) is 0 Å². The number of nitrogens with one attached hydrogen (secondary N) is 1. The molecule has 3 aromatic rings. The molecule has 0 saturated carbocycles. The minimum absolute atomic E-state index is 0.0545. The van der Waals surface area contributed by atoms with Gasteiger partial charge in [-0.3, -0.25) is 9.59 Å². The SMILES string of the molecule is Cc1cc(C)n(-c2ccc(NC(=O)C3CCCN3C(=O)Cc3cccs3)cc2F)n1. The summed E-state index contributed by atoms with van der Waals surface area (Å²) in [5.74, 6) is -0.817. The van der Waals surface area contributed by atoms with Gasteiger partial charge in [0.15, 0.2) is 5.82 Å². The fourth-order valence-corrected chi connectivity index (χ4v) is 4.55. The van der Waals surface area contributed by atoms with Crippen LogP contribution >= 0.6 is 11.3 Å². The van der Waals surface area contributed by atoms with Gasteiger partial charge in [0.25, 0.3) is 0 Å². The Morgan fingerprint density at radius 1 is 1.27 bits per heavy atom. The number of aryl methyl sites for hydroxylation is 2. The fourth-order valence-electron chi connectivity index (χ4n) is 3.86. The Balaban J connectivity index is 1.46. The summed E-state index contributed by atoms with van der Waals surface area (Å²) in [5, 5.41) is 9.00. The van der Waals surface area contributed by atoms with Gasteiger partial charge in [0.1, 0.15) is 11.7 Å². The van der Waals surface area contributed by atoms with Crippen LogP contribution in [0.15, 0.2) is 41.8 Å². The Morgan fingerprint density at radius 3 is 2.77 bits per heavy atom. The lowest BCUT2D eigenvalue weighted by atomic mass is 10.2. The second-order valence-corrected chi connectivity index (χ2v) is 8.53. The number of carbonyl (C=O) groups is 2. The van der Waals surface area contributed by atoms with Crippen LogP contribution in [0.5, 0.6) is 0 Å². The van der Waals surface area contributed by atoms with Gasteiger partial charge < -0.3 is 10.2 Å². The number of benzene rings is 1. The molecule has 156 valence electrons. The largest absolute Gasteiger partial charge is 0.330 e. The highest BCUT2D eigenvalue weighted by Crippen LogP contribution is 2.23. The highest BCUT2D eigenvalue weighted by Gasteiger charge is 2.34. The molecule has 2 aromatic heterocycles. The summed E-state index contributed by atoms with van der Waals surface area (Å²) in [6, 6.07) is 9.70. The van der Waals surface area contributed by atoms with Crippen LogP contribution in [0.2, 0.25) is 0 Å². The van der Waals surface area contributed by atoms with E-state index in [9.17, 15) is 14.0 Å². The van der Waals surface area contributed by atoms with Crippen LogP contribution < -0.4 is 5.32 Å². The van der Waals surface area contributed by atoms with Crippen molar-refractivity contribution in [1.82, 2.24) is 14.7 Å². The molecule has 2 amide bonds. The Bertz CT molecular complexity index is 1080. The van der Waals surface area contributed by atoms with E-state index in [1.807, 2.05) is 37.4 Å². The van der Waals surface area contributed by atoms with Crippen molar-refractivity contribution < 1.29 is 14.0 Å². The van der Waals surface area contributed by atoms with Crippen molar-refractivity contribution >= 4 is 28.8 Å². The topological polar surface area (TPSA) is 67.2 Å². The molecule has 1 N–H and O–H groups in total. The lowest BCUT2D eigenvalue weighted by Gasteiger charge is -2.24. The third kappa shape index (κ3) is 4.14. The highest BCUT2D eigenvalue weighted by molar-refractivity contribution is 7.10. The molecule has 0 bridgehead atoms. The number of carbonyl (C=O) groups excluding carboxylic acids is 2. The lowest BCUT2D eigenvalue weighted by Crippen LogP contribution is -2.43. The average Bonchev–Trinajstić information content (AvgIpc) is 3.43. The predicted molar refractivity (Wildman–Crippen MR) is 114 cm³/mol. The zero-order valence-electron chi connectivity index (χ0n) is 16.9. The Morgan fingerprint density at radius 2 is 2.10 bits per heavy atom. The van der Waals surface area contributed by atoms with Crippen LogP contribution in [0.4, 0.5) is 10.1 Å². The van der Waals surface area contributed by atoms with Crippen LogP contribution in [0.25, 0.3) is 5.69 Å². The van der Waals surface area contributed by atoms with Gasteiger partial charge in [-0.05, 0) is 62.4 Å². The van der Waals surface area contributed by atoms with E-state index in [1.165, 1.54) is 22.1 Å². The molecular weight excluding hydrogens is 403 g/mol. The molecule has 0 radical (unpaired) electrons. The molecule has 1 unspecified atom stereocenters. The molecule has 4 rings (SSSR count). The molecule has 6 nitrogen and oxygen atoms in total. The Hall–Kier alpha value is -3.00. The molecule has 1 saturated heterocycles. The van der Waals surface area contributed by atoms with Crippen LogP contribution in [-0.4, -0.2) is 39.1 Å². The maximum Gasteiger partial charge on any atom is 0.247 e. The third-order valence-electron chi connectivity index (χ3n) is 5.23. The van der Waals surface area contributed by atoms with Gasteiger partial charge >= 0.3 is 0 Å². The van der Waals surface area contributed by atoms with Crippen LogP contribution in [0.1, 0.15) is 29.1 Å². The minimum atomic E-state index is -0.531. The Kier molecular flexibility index (Phi) is 5.67. The smallest absolute Gasteiger partial charge is 0.247 e. The van der Waals surface area contributed by atoms with Gasteiger partial charge in [0.2, 0.25) is 11.8 Å². The summed E-state index contributed by atoms with van der Waals surface area (Å²) >= 11 is 1.53. The fraction of sp³-hybridized carbons (Fsp3) is 0.318. The normalized spacial score (nSPS) is 16.1. The molecule has 8 heteroatoms. The highest BCUT2D eigenvalue weighted by atomic mass is 32.1. The molecular formula is C22H23FN4O2S. The molecule has 1 atom stereocenters. The number of nitrogens with zero attached hydrogens (tertiary/aromatic N) is 3. The van der Waals surface area contributed by atoms with Gasteiger partial charge in [0, 0.05) is 22.8 Å². The van der Waals surface area contributed by atoms with Crippen molar-refractivity contribution in [1.29, 1.82) is 0 Å². The van der Waals surface area contributed by atoms with Crippen molar-refractivity contribution in [2.24, 2.45) is 0 Å². The molecule has 3 heterocycles. The molecule has 1 fully saturated rings. The van der Waals surface area contributed by atoms with Gasteiger partial charge in [-0.15, -0.1) is 11.3 Å². The second kappa shape index (κ2) is 8.39. The summed E-state index contributed by atoms with van der Waals surface area (Å²) in [5.41, 5.74) is 2.32. The van der Waals surface area contributed by atoms with Crippen LogP contribution in [0.3, 0.4) is 0 Å². The zero-order valence-corrected chi connectivity index (χ0v) is 17.7. The van der Waals surface area contributed by atoms with Crippen molar-refractivity contribution in [2.75, 3.05) is 11.9 Å². The Labute approximate surface area is 178 Å². The van der Waals surface area contributed by atoms with E-state index in [-0.39, 0.29) is 11.8 Å². The second-order valence-electron chi connectivity index (χ2n) is 7.50. The number of hydrogen-bond donors (Lipinski definition) is 1. The number of aromatic nitrogens is 2. The predicted octanol–water partition coefficient (Wildman–Crippen LogP) is 3.86. The average molecular weight is 427 g/mol. The van der Waals surface area contributed by atoms with E-state index >= 15 is 0 Å². The summed E-state index contributed by atoms with van der Waals surface area (Å²) < 4.78 is 16.2. The first-order chi connectivity index (χ1) is 14.4. The summed E-state index contributed by atoms with van der Waals surface area (Å²) in [6.45, 7) is 4.27. The summed E-state index contributed by atoms with van der Waals surface area (Å²) in [6.07, 6.45) is 1.68. The molecule has 30 heavy (non-hydrogen) atoms. The van der Waals surface area contributed by atoms with E-state index in [2.05, 4.69) is 10.4 Å². The molecule has 0 aliphatic carbocycles. The monoisotopic (exact) mass is 426 g/mol. The molecule has 1 aliphatic heterocycles. The van der Waals surface area contributed by atoms with Gasteiger partial charge in [-0.1, -0.05) is 6.07 Å². The van der Waals surface area contributed by atoms with Crippen LogP contribution in [-0.2, 0) is 16.0 Å². The van der Waals surface area contributed by atoms with Crippen LogP contribution in [0, 0.1) is 19.7 Å². The maximum absolute atomic E-state index is 14.7. The standard InChI is InChI=1S/C22H23FN4O2S/c1-14-11-15(2)27(25-14)19-8-7-16(12-18(19)23)24-22(29)20-6-3-9-26(20)21(28)13-17-5-4-10-30-17/h4-5,7-8,10-12,20H,3,6,9,13H2,1-2H3,(H,24,29). The minimum Gasteiger partial charge on any atom is -0.330 e. The van der Waals surface area contributed by atoms with Gasteiger partial charge in [-0.2, -0.15) is 5.10 Å². The maximum atomic E-state index is 14.7. The van der Waals surface area contributed by atoms with E-state index < -0.39 is 11.9 Å². The summed E-state index contributed by atoms with van der Waals surface area (Å²) in [4.78, 5) is 28.1. The van der Waals surface area contributed by atoms with Crippen molar-refractivity contribution in [3.63, 3.8) is 0 Å². The molecule has 1 aliphatic rings. The first-order valence-corrected chi connectivity index (χ1v) is 10.8. The lowest BCUT2D eigenvalue weighted by molar-refractivity contribution is -0.136. The van der Waals surface area contributed by atoms with E-state index in [0.717, 1.165) is 22.7 Å². The van der Waals surface area contributed by atoms with E-state index in [1.54, 1.807) is 17.0 Å². The van der Waals surface area contributed by atoms with Crippen molar-refractivity contribution in [3.8, 4) is 5.69 Å². The molecule has 1 aromatic carbocycles. The number of anilines is 1. The first kappa shape index (κ1) is 20.3. The third-order valence-corrected chi connectivity index (χ3v) is 6.11. The van der Waals surface area contributed by atoms with Gasteiger partial charge in [-0.25, -0.2) is 9.07 Å². The number of likely N-dealkylation sites (tertiary alicyclic amines) is 1. The molecule has 0 spiro atoms. The number of halogens is 1. The number of rotatable bonds is 5. The van der Waals surface area contributed by atoms with Crippen molar-refractivity contribution in [2.45, 2.75) is 39.2 Å². The van der Waals surface area contributed by atoms with Crippen molar-refractivity contribution in [3.05, 3.63) is 63.9 Å². The number of hydrogen-bond acceptors (Lipinski definition) is 4. The quantitative estimate of drug-likeness (QED) is 0.674. The first-order valence-electron chi connectivity index (χ1n) is 9.88. The zero-order chi connectivity index (χ0) is 21.3. The number of thiophene rings is 1. The van der Waals surface area contributed by atoms with E-state index in [0.29, 0.717) is 30.8 Å².